The summed E-state index contributed by atoms with van der Waals surface area (Å²) in [5.41, 5.74) is 2.14. The first-order chi connectivity index (χ1) is 12.6. The number of rotatable bonds is 2. The standard InChI is InChI=1S/C20H21FN4O/c1-24-10-5-7-18(24)19-6-3-2-4-11-25(19)20(26)14-12-16-17(13-15(14)21)23-9-8-22-16/h5,7-10,12-13,19H,2-4,6,11H2,1H3. The van der Waals surface area contributed by atoms with Gasteiger partial charge in [0.2, 0.25) is 0 Å². The van der Waals surface area contributed by atoms with Crippen LogP contribution in [0.25, 0.3) is 11.0 Å². The maximum atomic E-state index is 14.7. The maximum absolute atomic E-state index is 14.7. The molecule has 26 heavy (non-hydrogen) atoms. The van der Waals surface area contributed by atoms with E-state index in [4.69, 9.17) is 0 Å². The number of hydrogen-bond donors (Lipinski definition) is 0. The molecular weight excluding hydrogens is 331 g/mol. The zero-order valence-electron chi connectivity index (χ0n) is 14.7. The molecule has 1 aliphatic heterocycles. The fourth-order valence-corrected chi connectivity index (χ4v) is 3.78. The van der Waals surface area contributed by atoms with Crippen molar-refractivity contribution in [3.63, 3.8) is 0 Å². The first-order valence-corrected chi connectivity index (χ1v) is 8.97. The van der Waals surface area contributed by atoms with Gasteiger partial charge in [0.05, 0.1) is 22.6 Å². The molecule has 0 radical (unpaired) electrons. The second-order valence-electron chi connectivity index (χ2n) is 6.78. The van der Waals surface area contributed by atoms with Crippen LogP contribution in [-0.4, -0.2) is 31.9 Å². The molecule has 0 saturated carbocycles. The number of likely N-dealkylation sites (tertiary alicyclic amines) is 1. The largest absolute Gasteiger partial charge is 0.353 e. The molecule has 0 spiro atoms. The summed E-state index contributed by atoms with van der Waals surface area (Å²) in [6.45, 7) is 0.632. The second kappa shape index (κ2) is 6.86. The third-order valence-electron chi connectivity index (χ3n) is 5.13. The van der Waals surface area contributed by atoms with Crippen LogP contribution in [0.3, 0.4) is 0 Å². The number of benzene rings is 1. The van der Waals surface area contributed by atoms with Gasteiger partial charge in [0.25, 0.3) is 5.91 Å². The quantitative estimate of drug-likeness (QED) is 0.704. The van der Waals surface area contributed by atoms with Crippen molar-refractivity contribution >= 4 is 16.9 Å². The van der Waals surface area contributed by atoms with E-state index in [1.807, 2.05) is 34.8 Å². The minimum absolute atomic E-state index is 0.0399. The Hall–Kier alpha value is -2.76. The topological polar surface area (TPSA) is 51.0 Å². The molecule has 0 N–H and O–H groups in total. The Morgan fingerprint density at radius 2 is 1.92 bits per heavy atom. The molecule has 1 aliphatic rings. The lowest BCUT2D eigenvalue weighted by molar-refractivity contribution is 0.0670. The van der Waals surface area contributed by atoms with Crippen molar-refractivity contribution in [1.29, 1.82) is 0 Å². The van der Waals surface area contributed by atoms with E-state index in [-0.39, 0.29) is 17.5 Å². The van der Waals surface area contributed by atoms with Gasteiger partial charge in [0.15, 0.2) is 0 Å². The van der Waals surface area contributed by atoms with E-state index in [0.717, 1.165) is 31.4 Å². The number of nitrogens with zero attached hydrogens (tertiary/aromatic N) is 4. The van der Waals surface area contributed by atoms with Crippen LogP contribution in [-0.2, 0) is 7.05 Å². The first-order valence-electron chi connectivity index (χ1n) is 8.97. The number of amides is 1. The van der Waals surface area contributed by atoms with Crippen LogP contribution in [0.2, 0.25) is 0 Å². The summed E-state index contributed by atoms with van der Waals surface area (Å²) in [5.74, 6) is -0.818. The summed E-state index contributed by atoms with van der Waals surface area (Å²) in [5, 5.41) is 0. The van der Waals surface area contributed by atoms with Crippen molar-refractivity contribution in [2.24, 2.45) is 7.05 Å². The molecule has 3 aromatic rings. The van der Waals surface area contributed by atoms with Gasteiger partial charge in [-0.3, -0.25) is 14.8 Å². The highest BCUT2D eigenvalue weighted by Gasteiger charge is 2.30. The monoisotopic (exact) mass is 352 g/mol. The van der Waals surface area contributed by atoms with Crippen molar-refractivity contribution in [3.8, 4) is 0 Å². The van der Waals surface area contributed by atoms with Crippen LogP contribution in [0.15, 0.2) is 42.9 Å². The first kappa shape index (κ1) is 16.7. The number of aryl methyl sites for hydroxylation is 1. The van der Waals surface area contributed by atoms with E-state index in [0.29, 0.717) is 17.6 Å². The van der Waals surface area contributed by atoms with Gasteiger partial charge in [-0.05, 0) is 31.0 Å². The van der Waals surface area contributed by atoms with E-state index < -0.39 is 5.82 Å². The Bertz CT molecular complexity index is 952. The molecule has 4 rings (SSSR count). The molecule has 1 atom stereocenters. The number of fused-ring (bicyclic) bond motifs is 1. The molecule has 0 bridgehead atoms. The number of halogens is 1. The number of aromatic nitrogens is 3. The zero-order chi connectivity index (χ0) is 18.1. The molecule has 2 aromatic heterocycles. The average Bonchev–Trinajstić information content (AvgIpc) is 2.92. The maximum Gasteiger partial charge on any atom is 0.257 e. The van der Waals surface area contributed by atoms with E-state index in [2.05, 4.69) is 9.97 Å². The van der Waals surface area contributed by atoms with Gasteiger partial charge in [-0.15, -0.1) is 0 Å². The molecule has 1 aromatic carbocycles. The van der Waals surface area contributed by atoms with Crippen molar-refractivity contribution in [3.05, 3.63) is 59.9 Å². The molecular formula is C20H21FN4O. The number of hydrogen-bond acceptors (Lipinski definition) is 3. The van der Waals surface area contributed by atoms with E-state index in [1.54, 1.807) is 6.20 Å². The van der Waals surface area contributed by atoms with E-state index >= 15 is 0 Å². The minimum Gasteiger partial charge on any atom is -0.353 e. The zero-order valence-corrected chi connectivity index (χ0v) is 14.7. The molecule has 1 unspecified atom stereocenters. The van der Waals surface area contributed by atoms with Crippen molar-refractivity contribution in [1.82, 2.24) is 19.4 Å². The second-order valence-corrected chi connectivity index (χ2v) is 6.78. The van der Waals surface area contributed by atoms with Crippen LogP contribution in [0.5, 0.6) is 0 Å². The minimum atomic E-state index is -0.544. The van der Waals surface area contributed by atoms with Gasteiger partial charge in [0.1, 0.15) is 5.82 Å². The lowest BCUT2D eigenvalue weighted by atomic mass is 10.0. The molecule has 3 heterocycles. The highest BCUT2D eigenvalue weighted by atomic mass is 19.1. The third kappa shape index (κ3) is 2.96. The predicted molar refractivity (Wildman–Crippen MR) is 97.2 cm³/mol. The van der Waals surface area contributed by atoms with Gasteiger partial charge in [0, 0.05) is 43.9 Å². The molecule has 6 heteroatoms. The van der Waals surface area contributed by atoms with Crippen molar-refractivity contribution < 1.29 is 9.18 Å². The van der Waals surface area contributed by atoms with Gasteiger partial charge in [-0.2, -0.15) is 0 Å². The summed E-state index contributed by atoms with van der Waals surface area (Å²) in [4.78, 5) is 23.4. The van der Waals surface area contributed by atoms with Gasteiger partial charge >= 0.3 is 0 Å². The SMILES string of the molecule is Cn1cccc1C1CCCCCN1C(=O)c1cc2nccnc2cc1F. The van der Waals surface area contributed by atoms with Crippen LogP contribution in [0.4, 0.5) is 4.39 Å². The Morgan fingerprint density at radius 1 is 1.15 bits per heavy atom. The lowest BCUT2D eigenvalue weighted by Crippen LogP contribution is -2.36. The summed E-state index contributed by atoms with van der Waals surface area (Å²) in [6, 6.07) is 6.80. The molecule has 134 valence electrons. The Balaban J connectivity index is 1.75. The molecule has 1 amide bonds. The highest BCUT2D eigenvalue weighted by Crippen LogP contribution is 2.32. The fraction of sp³-hybridized carbons (Fsp3) is 0.350. The van der Waals surface area contributed by atoms with Crippen LogP contribution in [0.1, 0.15) is 47.8 Å². The fourth-order valence-electron chi connectivity index (χ4n) is 3.78. The Labute approximate surface area is 151 Å². The molecule has 0 aliphatic carbocycles. The van der Waals surface area contributed by atoms with Crippen LogP contribution < -0.4 is 0 Å². The summed E-state index contributed by atoms with van der Waals surface area (Å²) < 4.78 is 16.7. The van der Waals surface area contributed by atoms with E-state index in [9.17, 15) is 9.18 Å². The van der Waals surface area contributed by atoms with Crippen molar-refractivity contribution in [2.75, 3.05) is 6.54 Å². The number of carbonyl (C=O) groups is 1. The van der Waals surface area contributed by atoms with Crippen molar-refractivity contribution in [2.45, 2.75) is 31.7 Å². The van der Waals surface area contributed by atoms with E-state index in [1.165, 1.54) is 18.3 Å². The van der Waals surface area contributed by atoms with Gasteiger partial charge in [-0.25, -0.2) is 4.39 Å². The highest BCUT2D eigenvalue weighted by molar-refractivity contribution is 5.97. The van der Waals surface area contributed by atoms with Crippen LogP contribution >= 0.6 is 0 Å². The normalized spacial score (nSPS) is 18.1. The average molecular weight is 352 g/mol. The number of carbonyl (C=O) groups excluding carboxylic acids is 1. The Kier molecular flexibility index (Phi) is 4.41. The molecule has 1 saturated heterocycles. The summed E-state index contributed by atoms with van der Waals surface area (Å²) in [6.07, 6.45) is 9.01. The molecule has 1 fully saturated rings. The summed E-state index contributed by atoms with van der Waals surface area (Å²) >= 11 is 0. The summed E-state index contributed by atoms with van der Waals surface area (Å²) in [7, 11) is 1.98. The van der Waals surface area contributed by atoms with Gasteiger partial charge < -0.3 is 9.47 Å². The molecule has 5 nitrogen and oxygen atoms in total. The third-order valence-corrected chi connectivity index (χ3v) is 5.13. The van der Waals surface area contributed by atoms with Gasteiger partial charge in [-0.1, -0.05) is 12.8 Å². The smallest absolute Gasteiger partial charge is 0.257 e. The predicted octanol–water partition coefficient (Wildman–Crippen LogP) is 3.86. The Morgan fingerprint density at radius 3 is 2.65 bits per heavy atom. The lowest BCUT2D eigenvalue weighted by Gasteiger charge is -2.31. The van der Waals surface area contributed by atoms with Crippen LogP contribution in [0, 0.1) is 5.82 Å².